The molecule has 0 radical (unpaired) electrons. The fourth-order valence-electron chi connectivity index (χ4n) is 2.43. The maximum Gasteiger partial charge on any atom is 0.421 e. The third-order valence-corrected chi connectivity index (χ3v) is 4.59. The standard InChI is InChI=1S/C14H6F6O2S/c15-13(16,17)9-7(21)3-1-5-6-2-4-8(22)10(14(18,19)20)12(6)23-11(5)9/h1-4,21-22H. The van der Waals surface area contributed by atoms with Gasteiger partial charge in [-0.25, -0.2) is 0 Å². The van der Waals surface area contributed by atoms with E-state index in [4.69, 9.17) is 0 Å². The summed E-state index contributed by atoms with van der Waals surface area (Å²) in [5.74, 6) is -2.12. The highest BCUT2D eigenvalue weighted by Gasteiger charge is 2.40. The molecule has 0 fully saturated rings. The summed E-state index contributed by atoms with van der Waals surface area (Å²) in [4.78, 5) is 0. The first-order chi connectivity index (χ1) is 10.5. The van der Waals surface area contributed by atoms with E-state index >= 15 is 0 Å². The first kappa shape index (κ1) is 15.7. The molecule has 0 saturated heterocycles. The number of benzene rings is 2. The molecule has 0 spiro atoms. The lowest BCUT2D eigenvalue weighted by molar-refractivity contribution is -0.138. The van der Waals surface area contributed by atoms with Crippen molar-refractivity contribution in [3.8, 4) is 11.5 Å². The first-order valence-electron chi connectivity index (χ1n) is 6.06. The number of alkyl halides is 6. The van der Waals surface area contributed by atoms with Crippen molar-refractivity contribution in [2.75, 3.05) is 0 Å². The molecule has 0 saturated carbocycles. The molecule has 1 heterocycles. The predicted octanol–water partition coefficient (Wildman–Crippen LogP) is 5.50. The molecular weight excluding hydrogens is 346 g/mol. The van der Waals surface area contributed by atoms with Gasteiger partial charge < -0.3 is 10.2 Å². The van der Waals surface area contributed by atoms with Crippen molar-refractivity contribution in [2.24, 2.45) is 0 Å². The Morgan fingerprint density at radius 2 is 1.00 bits per heavy atom. The van der Waals surface area contributed by atoms with Crippen LogP contribution >= 0.6 is 11.3 Å². The Balaban J connectivity index is 2.54. The minimum absolute atomic E-state index is 0.0689. The average Bonchev–Trinajstić information content (AvgIpc) is 2.72. The first-order valence-corrected chi connectivity index (χ1v) is 6.88. The third-order valence-electron chi connectivity index (χ3n) is 3.33. The highest BCUT2D eigenvalue weighted by molar-refractivity contribution is 7.26. The molecule has 0 aliphatic carbocycles. The zero-order chi connectivity index (χ0) is 17.2. The molecular formula is C14H6F6O2S. The Morgan fingerprint density at radius 1 is 0.652 bits per heavy atom. The molecule has 0 unspecified atom stereocenters. The van der Waals surface area contributed by atoms with Crippen LogP contribution in [0.1, 0.15) is 11.1 Å². The molecule has 0 amide bonds. The Morgan fingerprint density at radius 3 is 1.30 bits per heavy atom. The van der Waals surface area contributed by atoms with Crippen molar-refractivity contribution in [2.45, 2.75) is 12.4 Å². The van der Waals surface area contributed by atoms with Crippen molar-refractivity contribution in [1.29, 1.82) is 0 Å². The normalized spacial score (nSPS) is 13.1. The molecule has 2 aromatic carbocycles. The van der Waals surface area contributed by atoms with Gasteiger partial charge in [0.15, 0.2) is 0 Å². The molecule has 3 rings (SSSR count). The van der Waals surface area contributed by atoms with E-state index < -0.39 is 44.4 Å². The topological polar surface area (TPSA) is 40.5 Å². The second-order valence-corrected chi connectivity index (χ2v) is 5.79. The lowest BCUT2D eigenvalue weighted by Gasteiger charge is -2.09. The average molecular weight is 352 g/mol. The van der Waals surface area contributed by atoms with Gasteiger partial charge in [-0.1, -0.05) is 0 Å². The van der Waals surface area contributed by atoms with Crippen LogP contribution in [0.15, 0.2) is 24.3 Å². The van der Waals surface area contributed by atoms with Crippen LogP contribution in [0.25, 0.3) is 20.2 Å². The summed E-state index contributed by atoms with van der Waals surface area (Å²) in [5, 5.41) is 18.8. The molecule has 0 bridgehead atoms. The summed E-state index contributed by atoms with van der Waals surface area (Å²) in [6, 6.07) is 3.82. The van der Waals surface area contributed by atoms with Crippen molar-refractivity contribution < 1.29 is 36.6 Å². The number of fused-ring (bicyclic) bond motifs is 3. The van der Waals surface area contributed by atoms with E-state index in [1.54, 1.807) is 0 Å². The predicted molar refractivity (Wildman–Crippen MR) is 72.7 cm³/mol. The largest absolute Gasteiger partial charge is 0.507 e. The molecule has 122 valence electrons. The van der Waals surface area contributed by atoms with E-state index in [1.165, 1.54) is 0 Å². The van der Waals surface area contributed by atoms with E-state index in [0.717, 1.165) is 24.3 Å². The van der Waals surface area contributed by atoms with Gasteiger partial charge in [0.05, 0.1) is 9.40 Å². The number of phenols is 2. The summed E-state index contributed by atoms with van der Waals surface area (Å²) in [6.07, 6.45) is -9.85. The van der Waals surface area contributed by atoms with Gasteiger partial charge in [-0.15, -0.1) is 11.3 Å². The fourth-order valence-corrected chi connectivity index (χ4v) is 3.86. The minimum atomic E-state index is -4.93. The number of hydrogen-bond donors (Lipinski definition) is 2. The maximum absolute atomic E-state index is 13.1. The zero-order valence-electron chi connectivity index (χ0n) is 10.9. The quantitative estimate of drug-likeness (QED) is 0.524. The molecule has 3 aromatic rings. The van der Waals surface area contributed by atoms with E-state index in [0.29, 0.717) is 0 Å². The molecule has 23 heavy (non-hydrogen) atoms. The molecule has 0 aliphatic heterocycles. The molecule has 0 aliphatic rings. The second kappa shape index (κ2) is 4.67. The molecule has 2 nitrogen and oxygen atoms in total. The van der Waals surface area contributed by atoms with Gasteiger partial charge in [0, 0.05) is 10.8 Å². The third kappa shape index (κ3) is 2.35. The van der Waals surface area contributed by atoms with Crippen molar-refractivity contribution in [3.05, 3.63) is 35.4 Å². The summed E-state index contributed by atoms with van der Waals surface area (Å²) in [7, 11) is 0. The summed E-state index contributed by atoms with van der Waals surface area (Å²) < 4.78 is 77.6. The number of aromatic hydroxyl groups is 2. The fraction of sp³-hybridized carbons (Fsp3) is 0.143. The van der Waals surface area contributed by atoms with Crippen LogP contribution in [-0.4, -0.2) is 10.2 Å². The number of phenolic OH excluding ortho intramolecular Hbond substituents is 2. The number of hydrogen-bond acceptors (Lipinski definition) is 3. The van der Waals surface area contributed by atoms with E-state index in [1.807, 2.05) is 0 Å². The van der Waals surface area contributed by atoms with Crippen molar-refractivity contribution in [3.63, 3.8) is 0 Å². The number of thiophene rings is 1. The van der Waals surface area contributed by atoms with Gasteiger partial charge in [-0.05, 0) is 24.3 Å². The smallest absolute Gasteiger partial charge is 0.421 e. The Labute approximate surface area is 128 Å². The minimum Gasteiger partial charge on any atom is -0.507 e. The monoisotopic (exact) mass is 352 g/mol. The summed E-state index contributed by atoms with van der Waals surface area (Å²) >= 11 is 0.237. The Kier molecular flexibility index (Phi) is 3.19. The lowest BCUT2D eigenvalue weighted by atomic mass is 10.1. The highest BCUT2D eigenvalue weighted by Crippen LogP contribution is 2.50. The van der Waals surface area contributed by atoms with Gasteiger partial charge in [0.25, 0.3) is 0 Å². The summed E-state index contributed by atoms with van der Waals surface area (Å²) in [6.45, 7) is 0. The van der Waals surface area contributed by atoms with Gasteiger partial charge in [0.1, 0.15) is 22.6 Å². The SMILES string of the molecule is Oc1ccc2c(sc3c(C(F)(F)F)c(O)ccc32)c1C(F)(F)F. The van der Waals surface area contributed by atoms with E-state index in [2.05, 4.69) is 0 Å². The molecule has 9 heteroatoms. The molecule has 0 atom stereocenters. The van der Waals surface area contributed by atoms with Crippen molar-refractivity contribution in [1.82, 2.24) is 0 Å². The lowest BCUT2D eigenvalue weighted by Crippen LogP contribution is -2.05. The van der Waals surface area contributed by atoms with Gasteiger partial charge in [-0.2, -0.15) is 26.3 Å². The molecule has 1 aromatic heterocycles. The molecule has 2 N–H and O–H groups in total. The Hall–Kier alpha value is -2.16. The van der Waals surface area contributed by atoms with Crippen LogP contribution in [0.4, 0.5) is 26.3 Å². The Bertz CT molecular complexity index is 849. The summed E-state index contributed by atoms with van der Waals surface area (Å²) in [5.41, 5.74) is -2.77. The van der Waals surface area contributed by atoms with Crippen LogP contribution in [0.5, 0.6) is 11.5 Å². The second-order valence-electron chi connectivity index (χ2n) is 4.77. The maximum atomic E-state index is 13.1. The van der Waals surface area contributed by atoms with Gasteiger partial charge >= 0.3 is 12.4 Å². The van der Waals surface area contributed by atoms with Crippen LogP contribution in [0.3, 0.4) is 0 Å². The van der Waals surface area contributed by atoms with Crippen LogP contribution < -0.4 is 0 Å². The highest BCUT2D eigenvalue weighted by atomic mass is 32.1. The van der Waals surface area contributed by atoms with Gasteiger partial charge in [0.2, 0.25) is 0 Å². The van der Waals surface area contributed by atoms with E-state index in [9.17, 15) is 36.6 Å². The van der Waals surface area contributed by atoms with Gasteiger partial charge in [-0.3, -0.25) is 0 Å². The van der Waals surface area contributed by atoms with Crippen LogP contribution in [-0.2, 0) is 12.4 Å². The number of rotatable bonds is 0. The van der Waals surface area contributed by atoms with Crippen LogP contribution in [0, 0.1) is 0 Å². The van der Waals surface area contributed by atoms with E-state index in [-0.39, 0.29) is 22.1 Å². The van der Waals surface area contributed by atoms with Crippen molar-refractivity contribution >= 4 is 31.5 Å². The number of halogens is 6. The van der Waals surface area contributed by atoms with Crippen LogP contribution in [0.2, 0.25) is 0 Å². The zero-order valence-corrected chi connectivity index (χ0v) is 11.7.